The summed E-state index contributed by atoms with van der Waals surface area (Å²) in [6.07, 6.45) is 0. The van der Waals surface area contributed by atoms with Crippen LogP contribution < -0.4 is 25.5 Å². The Bertz CT molecular complexity index is 1440. The summed E-state index contributed by atoms with van der Waals surface area (Å²) in [6.45, 7) is -0.274. The average molecular weight is 446 g/mol. The van der Waals surface area contributed by atoms with E-state index in [0.717, 1.165) is 4.57 Å². The van der Waals surface area contributed by atoms with Gasteiger partial charge < -0.3 is 14.2 Å². The molecule has 0 atom stereocenters. The smallest absolute Gasteiger partial charge is 0.336 e. The molecule has 0 aliphatic heterocycles. The summed E-state index contributed by atoms with van der Waals surface area (Å²) >= 11 is 0. The Balaban J connectivity index is 1.97. The van der Waals surface area contributed by atoms with E-state index in [0.29, 0.717) is 28.5 Å². The number of rotatable bonds is 7. The molecule has 0 bridgehead atoms. The number of Topliss-reactive ketones (excluding diaryl/α,β-unsaturated/α-hetero) is 1. The number of aromatic nitrogens is 2. The van der Waals surface area contributed by atoms with Crippen molar-refractivity contribution < 1.29 is 19.0 Å². The molecule has 0 amide bonds. The van der Waals surface area contributed by atoms with E-state index in [4.69, 9.17) is 14.2 Å². The van der Waals surface area contributed by atoms with E-state index in [9.17, 15) is 14.4 Å². The molecule has 3 aromatic carbocycles. The fourth-order valence-electron chi connectivity index (χ4n) is 3.66. The van der Waals surface area contributed by atoms with Crippen LogP contribution in [0.2, 0.25) is 0 Å². The molecule has 0 saturated carbocycles. The average Bonchev–Trinajstić information content (AvgIpc) is 2.86. The van der Waals surface area contributed by atoms with Crippen LogP contribution in [-0.2, 0) is 6.54 Å². The SMILES string of the molecule is COc1ccc(C(=O)Cn2c(=O)n(-c3ccccc3)c(=O)c3cc(OC)c(OC)cc32)cc1. The quantitative estimate of drug-likeness (QED) is 0.406. The van der Waals surface area contributed by atoms with Gasteiger partial charge in [0.25, 0.3) is 5.56 Å². The minimum Gasteiger partial charge on any atom is -0.497 e. The van der Waals surface area contributed by atoms with Crippen LogP contribution in [0.4, 0.5) is 0 Å². The van der Waals surface area contributed by atoms with Crippen LogP contribution >= 0.6 is 0 Å². The molecular weight excluding hydrogens is 424 g/mol. The Hall–Kier alpha value is -4.33. The zero-order valence-corrected chi connectivity index (χ0v) is 18.4. The first-order valence-corrected chi connectivity index (χ1v) is 10.1. The number of hydrogen-bond acceptors (Lipinski definition) is 6. The van der Waals surface area contributed by atoms with Gasteiger partial charge in [0.05, 0.1) is 44.5 Å². The van der Waals surface area contributed by atoms with Gasteiger partial charge in [0.1, 0.15) is 5.75 Å². The topological polar surface area (TPSA) is 88.8 Å². The number of nitrogens with zero attached hydrogens (tertiary/aromatic N) is 2. The molecule has 0 saturated heterocycles. The van der Waals surface area contributed by atoms with E-state index in [2.05, 4.69) is 0 Å². The molecule has 0 unspecified atom stereocenters. The van der Waals surface area contributed by atoms with Crippen molar-refractivity contribution in [2.24, 2.45) is 0 Å². The predicted octanol–water partition coefficient (Wildman–Crippen LogP) is 3.06. The van der Waals surface area contributed by atoms with Gasteiger partial charge in [-0.15, -0.1) is 0 Å². The predicted molar refractivity (Wildman–Crippen MR) is 124 cm³/mol. The number of para-hydroxylation sites is 1. The number of carbonyl (C=O) groups is 1. The summed E-state index contributed by atoms with van der Waals surface area (Å²) in [7, 11) is 4.46. The monoisotopic (exact) mass is 446 g/mol. The maximum atomic E-state index is 13.5. The lowest BCUT2D eigenvalue weighted by molar-refractivity contribution is 0.0971. The summed E-state index contributed by atoms with van der Waals surface area (Å²) in [5.41, 5.74) is -0.0663. The third-order valence-electron chi connectivity index (χ3n) is 5.38. The van der Waals surface area contributed by atoms with Crippen molar-refractivity contribution in [3.8, 4) is 22.9 Å². The van der Waals surface area contributed by atoms with Gasteiger partial charge in [-0.25, -0.2) is 9.36 Å². The molecule has 8 heteroatoms. The van der Waals surface area contributed by atoms with Crippen molar-refractivity contribution in [1.82, 2.24) is 9.13 Å². The maximum absolute atomic E-state index is 13.5. The van der Waals surface area contributed by atoms with Crippen LogP contribution in [0.1, 0.15) is 10.4 Å². The van der Waals surface area contributed by atoms with Gasteiger partial charge in [0, 0.05) is 11.6 Å². The zero-order chi connectivity index (χ0) is 23.5. The summed E-state index contributed by atoms with van der Waals surface area (Å²) < 4.78 is 18.2. The minimum atomic E-state index is -0.632. The van der Waals surface area contributed by atoms with Gasteiger partial charge in [-0.05, 0) is 42.5 Å². The number of ketones is 1. The molecule has 0 aliphatic rings. The molecule has 4 rings (SSSR count). The van der Waals surface area contributed by atoms with Crippen molar-refractivity contribution in [2.75, 3.05) is 21.3 Å². The Morgan fingerprint density at radius 3 is 2.06 bits per heavy atom. The van der Waals surface area contributed by atoms with Crippen LogP contribution in [0.5, 0.6) is 17.2 Å². The number of fused-ring (bicyclic) bond motifs is 1. The molecule has 0 spiro atoms. The third kappa shape index (κ3) is 3.98. The Kier molecular flexibility index (Phi) is 5.99. The van der Waals surface area contributed by atoms with Gasteiger partial charge in [0.15, 0.2) is 17.3 Å². The molecule has 0 fully saturated rings. The lowest BCUT2D eigenvalue weighted by Gasteiger charge is -2.16. The van der Waals surface area contributed by atoms with Crippen molar-refractivity contribution in [3.63, 3.8) is 0 Å². The standard InChI is InChI=1S/C25H22N2O6/c1-31-18-11-9-16(10-12-18)21(28)15-26-20-14-23(33-3)22(32-2)13-19(20)24(29)27(25(26)30)17-7-5-4-6-8-17/h4-14H,15H2,1-3H3. The summed E-state index contributed by atoms with van der Waals surface area (Å²) in [6, 6.07) is 18.2. The largest absolute Gasteiger partial charge is 0.497 e. The number of methoxy groups -OCH3 is 3. The number of carbonyl (C=O) groups excluding carboxylic acids is 1. The molecule has 1 aromatic heterocycles. The molecule has 4 aromatic rings. The summed E-state index contributed by atoms with van der Waals surface area (Å²) in [5, 5.41) is 0.221. The molecule has 0 aliphatic carbocycles. The number of ether oxygens (including phenoxy) is 3. The van der Waals surface area contributed by atoms with Crippen molar-refractivity contribution >= 4 is 16.7 Å². The van der Waals surface area contributed by atoms with Gasteiger partial charge in [-0.2, -0.15) is 0 Å². The van der Waals surface area contributed by atoms with E-state index in [1.54, 1.807) is 54.6 Å². The highest BCUT2D eigenvalue weighted by atomic mass is 16.5. The molecule has 33 heavy (non-hydrogen) atoms. The van der Waals surface area contributed by atoms with E-state index in [1.807, 2.05) is 0 Å². The Morgan fingerprint density at radius 1 is 0.818 bits per heavy atom. The van der Waals surface area contributed by atoms with Crippen LogP contribution in [0.3, 0.4) is 0 Å². The number of benzene rings is 3. The van der Waals surface area contributed by atoms with E-state index in [1.165, 1.54) is 38.0 Å². The third-order valence-corrected chi connectivity index (χ3v) is 5.38. The normalized spacial score (nSPS) is 10.8. The van der Waals surface area contributed by atoms with E-state index < -0.39 is 11.2 Å². The first kappa shape index (κ1) is 21.9. The molecule has 1 heterocycles. The second-order valence-corrected chi connectivity index (χ2v) is 7.22. The summed E-state index contributed by atoms with van der Waals surface area (Å²) in [4.78, 5) is 39.9. The van der Waals surface area contributed by atoms with Crippen molar-refractivity contribution in [1.29, 1.82) is 0 Å². The van der Waals surface area contributed by atoms with E-state index >= 15 is 0 Å². The molecule has 168 valence electrons. The Morgan fingerprint density at radius 2 is 1.45 bits per heavy atom. The molecule has 0 N–H and O–H groups in total. The second-order valence-electron chi connectivity index (χ2n) is 7.22. The van der Waals surface area contributed by atoms with Crippen molar-refractivity contribution in [2.45, 2.75) is 6.54 Å². The van der Waals surface area contributed by atoms with Gasteiger partial charge in [0.2, 0.25) is 0 Å². The highest BCUT2D eigenvalue weighted by Crippen LogP contribution is 2.30. The molecule has 0 radical (unpaired) electrons. The van der Waals surface area contributed by atoms with Gasteiger partial charge >= 0.3 is 5.69 Å². The van der Waals surface area contributed by atoms with Crippen molar-refractivity contribution in [3.05, 3.63) is 93.1 Å². The highest BCUT2D eigenvalue weighted by Gasteiger charge is 2.20. The molecular formula is C25H22N2O6. The van der Waals surface area contributed by atoms with Gasteiger partial charge in [-0.1, -0.05) is 18.2 Å². The van der Waals surface area contributed by atoms with Gasteiger partial charge in [-0.3, -0.25) is 14.2 Å². The zero-order valence-electron chi connectivity index (χ0n) is 18.4. The van der Waals surface area contributed by atoms with Crippen LogP contribution in [0.25, 0.3) is 16.6 Å². The first-order chi connectivity index (χ1) is 16.0. The fraction of sp³-hybridized carbons (Fsp3) is 0.160. The van der Waals surface area contributed by atoms with Crippen LogP contribution in [0, 0.1) is 0 Å². The number of hydrogen-bond donors (Lipinski definition) is 0. The lowest BCUT2D eigenvalue weighted by atomic mass is 10.1. The van der Waals surface area contributed by atoms with Crippen LogP contribution in [0.15, 0.2) is 76.3 Å². The second kappa shape index (κ2) is 9.04. The maximum Gasteiger partial charge on any atom is 0.336 e. The lowest BCUT2D eigenvalue weighted by Crippen LogP contribution is -2.40. The Labute approximate surface area is 189 Å². The molecule has 8 nitrogen and oxygen atoms in total. The minimum absolute atomic E-state index is 0.221. The fourth-order valence-corrected chi connectivity index (χ4v) is 3.66. The summed E-state index contributed by atoms with van der Waals surface area (Å²) in [5.74, 6) is 0.998. The van der Waals surface area contributed by atoms with E-state index in [-0.39, 0.29) is 23.2 Å². The first-order valence-electron chi connectivity index (χ1n) is 10.1. The highest BCUT2D eigenvalue weighted by molar-refractivity contribution is 5.97. The van der Waals surface area contributed by atoms with Crippen LogP contribution in [-0.4, -0.2) is 36.2 Å².